The lowest BCUT2D eigenvalue weighted by Crippen LogP contribution is -2.00. The Morgan fingerprint density at radius 2 is 0.600 bits per heavy atom. The lowest BCUT2D eigenvalue weighted by molar-refractivity contribution is 1.07. The molecular weight excluding hydrogens is 613 g/mol. The summed E-state index contributed by atoms with van der Waals surface area (Å²) in [4.78, 5) is 24.4. The Hall–Kier alpha value is -7.10. The van der Waals surface area contributed by atoms with Gasteiger partial charge in [0.05, 0.1) is 23.0 Å². The largest absolute Gasteiger partial charge is 0.228 e. The first-order chi connectivity index (χ1) is 24.7. The van der Waals surface area contributed by atoms with Gasteiger partial charge in [0.25, 0.3) is 0 Å². The van der Waals surface area contributed by atoms with Crippen molar-refractivity contribution in [2.75, 3.05) is 0 Å². The molecular formula is C44H28N6. The van der Waals surface area contributed by atoms with Crippen molar-refractivity contribution >= 4 is 0 Å². The molecule has 0 fully saturated rings. The first kappa shape index (κ1) is 30.2. The van der Waals surface area contributed by atoms with Crippen molar-refractivity contribution in [3.63, 3.8) is 0 Å². The third kappa shape index (κ3) is 6.40. The molecule has 50 heavy (non-hydrogen) atoms. The van der Waals surface area contributed by atoms with Crippen LogP contribution in [0.1, 0.15) is 5.56 Å². The van der Waals surface area contributed by atoms with E-state index in [0.717, 1.165) is 55.9 Å². The number of hydrogen-bond acceptors (Lipinski definition) is 6. The average Bonchev–Trinajstić information content (AvgIpc) is 3.21. The molecule has 0 saturated carbocycles. The second-order valence-corrected chi connectivity index (χ2v) is 11.7. The van der Waals surface area contributed by atoms with Crippen molar-refractivity contribution in [1.82, 2.24) is 24.9 Å². The predicted octanol–water partition coefficient (Wildman–Crippen LogP) is 10.2. The number of hydrogen-bond donors (Lipinski definition) is 0. The average molecular weight is 641 g/mol. The van der Waals surface area contributed by atoms with Crippen molar-refractivity contribution < 1.29 is 0 Å². The zero-order valence-corrected chi connectivity index (χ0v) is 26.8. The third-order valence-electron chi connectivity index (χ3n) is 8.42. The minimum absolute atomic E-state index is 0.608. The summed E-state index contributed by atoms with van der Waals surface area (Å²) in [6, 6.07) is 58.3. The number of rotatable bonds is 7. The first-order valence-corrected chi connectivity index (χ1v) is 16.2. The summed E-state index contributed by atoms with van der Waals surface area (Å²) in [7, 11) is 0. The molecule has 6 aromatic carbocycles. The van der Waals surface area contributed by atoms with Crippen LogP contribution in [0, 0.1) is 11.3 Å². The Balaban J connectivity index is 1.11. The zero-order valence-electron chi connectivity index (χ0n) is 26.8. The van der Waals surface area contributed by atoms with Crippen LogP contribution in [0.2, 0.25) is 0 Å². The molecule has 0 aliphatic rings. The molecule has 6 nitrogen and oxygen atoms in total. The quantitative estimate of drug-likeness (QED) is 0.172. The van der Waals surface area contributed by atoms with Gasteiger partial charge in [-0.3, -0.25) is 0 Å². The summed E-state index contributed by atoms with van der Waals surface area (Å²) in [6.07, 6.45) is 0. The molecule has 0 spiro atoms. The number of nitrogens with zero attached hydrogens (tertiary/aromatic N) is 6. The van der Waals surface area contributed by atoms with Gasteiger partial charge in [0.15, 0.2) is 23.3 Å². The standard InChI is InChI=1S/C44H28N6/c45-29-30-16-18-34(19-17-30)40-28-39(33-10-4-1-5-11-33)46-41(47-40)37-24-20-31(21-25-37)32-22-26-38(27-23-32)44-49-42(35-12-6-2-7-13-35)48-43(50-44)36-14-8-3-9-15-36/h1-28H. The monoisotopic (exact) mass is 640 g/mol. The Bertz CT molecular complexity index is 2380. The van der Waals surface area contributed by atoms with E-state index in [1.165, 1.54) is 0 Å². The molecule has 8 rings (SSSR count). The molecule has 0 aliphatic carbocycles. The van der Waals surface area contributed by atoms with Crippen LogP contribution >= 0.6 is 0 Å². The van der Waals surface area contributed by atoms with Gasteiger partial charge in [0.2, 0.25) is 0 Å². The summed E-state index contributed by atoms with van der Waals surface area (Å²) in [6.45, 7) is 0. The van der Waals surface area contributed by atoms with Gasteiger partial charge in [-0.1, -0.05) is 152 Å². The van der Waals surface area contributed by atoms with E-state index in [1.54, 1.807) is 0 Å². The molecule has 234 valence electrons. The van der Waals surface area contributed by atoms with Crippen LogP contribution in [-0.2, 0) is 0 Å². The van der Waals surface area contributed by atoms with Crippen LogP contribution < -0.4 is 0 Å². The summed E-state index contributed by atoms with van der Waals surface area (Å²) in [5.41, 5.74) is 9.99. The maximum Gasteiger partial charge on any atom is 0.164 e. The predicted molar refractivity (Wildman–Crippen MR) is 198 cm³/mol. The molecule has 0 N–H and O–H groups in total. The van der Waals surface area contributed by atoms with Crippen molar-refractivity contribution in [2.24, 2.45) is 0 Å². The van der Waals surface area contributed by atoms with E-state index in [4.69, 9.17) is 24.9 Å². The van der Waals surface area contributed by atoms with Crippen molar-refractivity contribution in [3.8, 4) is 85.3 Å². The Labute approximate surface area is 290 Å². The topological polar surface area (TPSA) is 88.2 Å². The fourth-order valence-corrected chi connectivity index (χ4v) is 5.76. The highest BCUT2D eigenvalue weighted by Gasteiger charge is 2.14. The summed E-state index contributed by atoms with van der Waals surface area (Å²) in [5.74, 6) is 2.52. The highest BCUT2D eigenvalue weighted by atomic mass is 15.0. The lowest BCUT2D eigenvalue weighted by atomic mass is 10.0. The molecule has 0 bridgehead atoms. The lowest BCUT2D eigenvalue weighted by Gasteiger charge is -2.11. The van der Waals surface area contributed by atoms with Crippen LogP contribution in [-0.4, -0.2) is 24.9 Å². The fourth-order valence-electron chi connectivity index (χ4n) is 5.76. The fraction of sp³-hybridized carbons (Fsp3) is 0. The van der Waals surface area contributed by atoms with E-state index < -0.39 is 0 Å². The number of benzene rings is 6. The molecule has 6 heteroatoms. The van der Waals surface area contributed by atoms with Gasteiger partial charge in [-0.2, -0.15) is 5.26 Å². The molecule has 2 heterocycles. The van der Waals surface area contributed by atoms with Gasteiger partial charge >= 0.3 is 0 Å². The maximum atomic E-state index is 9.27. The van der Waals surface area contributed by atoms with Gasteiger partial charge < -0.3 is 0 Å². The molecule has 2 aromatic heterocycles. The SMILES string of the molecule is N#Cc1ccc(-c2cc(-c3ccccc3)nc(-c3ccc(-c4ccc(-c5nc(-c6ccccc6)nc(-c6ccccc6)n5)cc4)cc3)n2)cc1. The van der Waals surface area contributed by atoms with Gasteiger partial charge in [-0.25, -0.2) is 24.9 Å². The first-order valence-electron chi connectivity index (χ1n) is 16.2. The van der Waals surface area contributed by atoms with E-state index in [2.05, 4.69) is 54.6 Å². The second kappa shape index (κ2) is 13.6. The molecule has 0 radical (unpaired) electrons. The smallest absolute Gasteiger partial charge is 0.164 e. The molecule has 0 amide bonds. The molecule has 8 aromatic rings. The van der Waals surface area contributed by atoms with Crippen LogP contribution in [0.3, 0.4) is 0 Å². The molecule has 0 atom stereocenters. The van der Waals surface area contributed by atoms with Gasteiger partial charge in [-0.15, -0.1) is 0 Å². The van der Waals surface area contributed by atoms with E-state index in [9.17, 15) is 5.26 Å². The van der Waals surface area contributed by atoms with Crippen molar-refractivity contribution in [1.29, 1.82) is 5.26 Å². The summed E-state index contributed by atoms with van der Waals surface area (Å²) in [5, 5.41) is 9.27. The van der Waals surface area contributed by atoms with Crippen LogP contribution in [0.5, 0.6) is 0 Å². The summed E-state index contributed by atoms with van der Waals surface area (Å²) >= 11 is 0. The van der Waals surface area contributed by atoms with Crippen molar-refractivity contribution in [3.05, 3.63) is 175 Å². The van der Waals surface area contributed by atoms with E-state index in [1.807, 2.05) is 121 Å². The number of nitriles is 1. The highest BCUT2D eigenvalue weighted by Crippen LogP contribution is 2.31. The maximum absolute atomic E-state index is 9.27. The highest BCUT2D eigenvalue weighted by molar-refractivity contribution is 5.75. The van der Waals surface area contributed by atoms with Gasteiger partial charge in [-0.05, 0) is 29.3 Å². The Morgan fingerprint density at radius 1 is 0.300 bits per heavy atom. The van der Waals surface area contributed by atoms with Gasteiger partial charge in [0, 0.05) is 33.4 Å². The van der Waals surface area contributed by atoms with Gasteiger partial charge in [0.1, 0.15) is 0 Å². The third-order valence-corrected chi connectivity index (χ3v) is 8.42. The Morgan fingerprint density at radius 3 is 1.00 bits per heavy atom. The minimum atomic E-state index is 0.608. The van der Waals surface area contributed by atoms with Crippen LogP contribution in [0.15, 0.2) is 170 Å². The Kier molecular flexibility index (Phi) is 8.20. The normalized spacial score (nSPS) is 10.8. The van der Waals surface area contributed by atoms with E-state index in [-0.39, 0.29) is 0 Å². The van der Waals surface area contributed by atoms with Crippen LogP contribution in [0.25, 0.3) is 79.2 Å². The summed E-state index contributed by atoms with van der Waals surface area (Å²) < 4.78 is 0. The molecule has 0 aliphatic heterocycles. The molecule has 0 saturated heterocycles. The van der Waals surface area contributed by atoms with E-state index >= 15 is 0 Å². The molecule has 0 unspecified atom stereocenters. The number of aromatic nitrogens is 5. The van der Waals surface area contributed by atoms with Crippen LogP contribution in [0.4, 0.5) is 0 Å². The van der Waals surface area contributed by atoms with Crippen molar-refractivity contribution in [2.45, 2.75) is 0 Å². The minimum Gasteiger partial charge on any atom is -0.228 e. The second-order valence-electron chi connectivity index (χ2n) is 11.7. The van der Waals surface area contributed by atoms with E-state index in [0.29, 0.717) is 28.9 Å². The zero-order chi connectivity index (χ0) is 33.7.